The van der Waals surface area contributed by atoms with Crippen LogP contribution in [0.25, 0.3) is 11.0 Å². The summed E-state index contributed by atoms with van der Waals surface area (Å²) in [5, 5.41) is 10.0. The third kappa shape index (κ3) is 3.54. The molecule has 0 bridgehead atoms. The zero-order valence-corrected chi connectivity index (χ0v) is 13.3. The molecule has 0 saturated heterocycles. The fourth-order valence-electron chi connectivity index (χ4n) is 2.54. The Balaban J connectivity index is 2.43. The second-order valence-electron chi connectivity index (χ2n) is 6.39. The maximum atomic E-state index is 10.0. The fraction of sp³-hybridized carbons (Fsp3) is 0.562. The molecule has 2 aromatic rings. The minimum absolute atomic E-state index is 0.0503. The molecule has 2 rings (SSSR count). The van der Waals surface area contributed by atoms with Crippen molar-refractivity contribution in [1.82, 2.24) is 9.55 Å². The molecule has 1 aromatic heterocycles. The Morgan fingerprint density at radius 2 is 2.14 bits per heavy atom. The Morgan fingerprint density at radius 1 is 1.43 bits per heavy atom. The fourth-order valence-corrected chi connectivity index (χ4v) is 2.54. The van der Waals surface area contributed by atoms with Gasteiger partial charge in [-0.25, -0.2) is 4.98 Å². The first-order valence-corrected chi connectivity index (χ1v) is 7.27. The number of nitrogens with two attached hydrogens (primary N) is 1. The number of hydrogen-bond donors (Lipinski definition) is 2. The first-order chi connectivity index (χ1) is 9.84. The summed E-state index contributed by atoms with van der Waals surface area (Å²) >= 11 is 0. The summed E-state index contributed by atoms with van der Waals surface area (Å²) in [4.78, 5) is 4.54. The lowest BCUT2D eigenvalue weighted by atomic mass is 9.89. The molecular formula is C16H25N3O2. The Kier molecular flexibility index (Phi) is 4.54. The average Bonchev–Trinajstić information content (AvgIpc) is 2.74. The lowest BCUT2D eigenvalue weighted by Crippen LogP contribution is -2.23. The highest BCUT2D eigenvalue weighted by Gasteiger charge is 2.23. The van der Waals surface area contributed by atoms with Gasteiger partial charge in [-0.2, -0.15) is 0 Å². The van der Waals surface area contributed by atoms with Gasteiger partial charge in [0.2, 0.25) is 0 Å². The second kappa shape index (κ2) is 6.03. The lowest BCUT2D eigenvalue weighted by molar-refractivity contribution is 0.137. The van der Waals surface area contributed by atoms with Crippen LogP contribution >= 0.6 is 0 Å². The standard InChI is InChI=1S/C16H25N3O2/c1-11(20)15-18-13-9-12(17)5-6-14(13)19(15)10-16(2,3)7-8-21-4/h5-6,9,11,20H,7-8,10,17H2,1-4H3. The molecule has 0 fully saturated rings. The summed E-state index contributed by atoms with van der Waals surface area (Å²) < 4.78 is 7.28. The Bertz CT molecular complexity index is 617. The van der Waals surface area contributed by atoms with Gasteiger partial charge in [-0.15, -0.1) is 0 Å². The zero-order chi connectivity index (χ0) is 15.6. The number of anilines is 1. The van der Waals surface area contributed by atoms with Crippen molar-refractivity contribution in [3.8, 4) is 0 Å². The number of aliphatic hydroxyl groups is 1. The van der Waals surface area contributed by atoms with Crippen molar-refractivity contribution < 1.29 is 9.84 Å². The number of aliphatic hydroxyl groups excluding tert-OH is 1. The monoisotopic (exact) mass is 291 g/mol. The molecule has 3 N–H and O–H groups in total. The quantitative estimate of drug-likeness (QED) is 0.803. The molecule has 1 unspecified atom stereocenters. The number of methoxy groups -OCH3 is 1. The van der Waals surface area contributed by atoms with Gasteiger partial charge < -0.3 is 20.1 Å². The SMILES string of the molecule is COCCC(C)(C)Cn1c(C(C)O)nc2cc(N)ccc21. The van der Waals surface area contributed by atoms with E-state index in [1.807, 2.05) is 18.2 Å². The largest absolute Gasteiger partial charge is 0.399 e. The molecule has 0 amide bonds. The normalized spacial score (nSPS) is 13.8. The van der Waals surface area contributed by atoms with Gasteiger partial charge in [0.25, 0.3) is 0 Å². The Morgan fingerprint density at radius 3 is 2.76 bits per heavy atom. The molecule has 0 aliphatic carbocycles. The summed E-state index contributed by atoms with van der Waals surface area (Å²) in [5.41, 5.74) is 8.39. The van der Waals surface area contributed by atoms with Crippen LogP contribution in [0.4, 0.5) is 5.69 Å². The molecule has 0 radical (unpaired) electrons. The highest BCUT2D eigenvalue weighted by molar-refractivity contribution is 5.79. The smallest absolute Gasteiger partial charge is 0.138 e. The van der Waals surface area contributed by atoms with Crippen molar-refractivity contribution in [1.29, 1.82) is 0 Å². The van der Waals surface area contributed by atoms with Gasteiger partial charge in [-0.1, -0.05) is 13.8 Å². The molecule has 0 spiro atoms. The van der Waals surface area contributed by atoms with Gasteiger partial charge in [-0.3, -0.25) is 0 Å². The van der Waals surface area contributed by atoms with Crippen LogP contribution in [0.5, 0.6) is 0 Å². The van der Waals surface area contributed by atoms with Crippen molar-refractivity contribution in [3.63, 3.8) is 0 Å². The van der Waals surface area contributed by atoms with E-state index in [2.05, 4.69) is 23.4 Å². The zero-order valence-electron chi connectivity index (χ0n) is 13.3. The van der Waals surface area contributed by atoms with Crippen LogP contribution in [0, 0.1) is 5.41 Å². The number of aromatic nitrogens is 2. The van der Waals surface area contributed by atoms with Crippen LogP contribution < -0.4 is 5.73 Å². The molecule has 1 aromatic carbocycles. The first kappa shape index (κ1) is 15.8. The van der Waals surface area contributed by atoms with Crippen LogP contribution in [-0.4, -0.2) is 28.4 Å². The number of nitrogens with zero attached hydrogens (tertiary/aromatic N) is 2. The number of hydrogen-bond acceptors (Lipinski definition) is 4. The van der Waals surface area contributed by atoms with Crippen LogP contribution in [-0.2, 0) is 11.3 Å². The number of ether oxygens (including phenoxy) is 1. The molecule has 0 aliphatic heterocycles. The summed E-state index contributed by atoms with van der Waals surface area (Å²) in [6.45, 7) is 7.62. The third-order valence-corrected chi connectivity index (χ3v) is 3.74. The van der Waals surface area contributed by atoms with E-state index in [1.165, 1.54) is 0 Å². The van der Waals surface area contributed by atoms with E-state index in [4.69, 9.17) is 10.5 Å². The van der Waals surface area contributed by atoms with E-state index in [-0.39, 0.29) is 5.41 Å². The number of imidazole rings is 1. The van der Waals surface area contributed by atoms with E-state index in [0.717, 1.165) is 30.6 Å². The van der Waals surface area contributed by atoms with Crippen molar-refractivity contribution in [2.24, 2.45) is 5.41 Å². The molecule has 0 aliphatic rings. The Hall–Kier alpha value is -1.59. The summed E-state index contributed by atoms with van der Waals surface area (Å²) in [6, 6.07) is 5.68. The van der Waals surface area contributed by atoms with Crippen molar-refractivity contribution in [2.75, 3.05) is 19.5 Å². The molecule has 21 heavy (non-hydrogen) atoms. The maximum absolute atomic E-state index is 10.0. The number of nitrogen functional groups attached to an aromatic ring is 1. The van der Waals surface area contributed by atoms with Crippen LogP contribution in [0.2, 0.25) is 0 Å². The van der Waals surface area contributed by atoms with E-state index >= 15 is 0 Å². The maximum Gasteiger partial charge on any atom is 0.138 e. The van der Waals surface area contributed by atoms with Gasteiger partial charge >= 0.3 is 0 Å². The first-order valence-electron chi connectivity index (χ1n) is 7.27. The molecular weight excluding hydrogens is 266 g/mol. The lowest BCUT2D eigenvalue weighted by Gasteiger charge is -2.26. The second-order valence-corrected chi connectivity index (χ2v) is 6.39. The number of benzene rings is 1. The van der Waals surface area contributed by atoms with Crippen molar-refractivity contribution >= 4 is 16.7 Å². The van der Waals surface area contributed by atoms with E-state index < -0.39 is 6.10 Å². The molecule has 116 valence electrons. The van der Waals surface area contributed by atoms with Gasteiger partial charge in [0.1, 0.15) is 11.9 Å². The van der Waals surface area contributed by atoms with Crippen LogP contribution in [0.1, 0.15) is 39.1 Å². The summed E-state index contributed by atoms with van der Waals surface area (Å²) in [5.74, 6) is 0.682. The number of fused-ring (bicyclic) bond motifs is 1. The van der Waals surface area contributed by atoms with Crippen LogP contribution in [0.15, 0.2) is 18.2 Å². The number of rotatable bonds is 6. The average molecular weight is 291 g/mol. The van der Waals surface area contributed by atoms with Gasteiger partial charge in [-0.05, 0) is 37.0 Å². The minimum atomic E-state index is -0.614. The molecule has 0 saturated carbocycles. The van der Waals surface area contributed by atoms with Gasteiger partial charge in [0.15, 0.2) is 0 Å². The predicted octanol–water partition coefficient (Wildman–Crippen LogP) is 2.73. The topological polar surface area (TPSA) is 73.3 Å². The molecule has 1 heterocycles. The Labute approximate surface area is 125 Å². The van der Waals surface area contributed by atoms with Crippen molar-refractivity contribution in [2.45, 2.75) is 39.8 Å². The van der Waals surface area contributed by atoms with Gasteiger partial charge in [0.05, 0.1) is 11.0 Å². The van der Waals surface area contributed by atoms with E-state index in [9.17, 15) is 5.11 Å². The van der Waals surface area contributed by atoms with E-state index in [0.29, 0.717) is 11.5 Å². The molecule has 5 heteroatoms. The minimum Gasteiger partial charge on any atom is -0.399 e. The van der Waals surface area contributed by atoms with E-state index in [1.54, 1.807) is 14.0 Å². The summed E-state index contributed by atoms with van der Waals surface area (Å²) in [6.07, 6.45) is 0.328. The van der Waals surface area contributed by atoms with Crippen molar-refractivity contribution in [3.05, 3.63) is 24.0 Å². The van der Waals surface area contributed by atoms with Gasteiger partial charge in [0, 0.05) is 25.9 Å². The highest BCUT2D eigenvalue weighted by atomic mass is 16.5. The predicted molar refractivity (Wildman–Crippen MR) is 85.1 cm³/mol. The third-order valence-electron chi connectivity index (χ3n) is 3.74. The molecule has 5 nitrogen and oxygen atoms in total. The summed E-state index contributed by atoms with van der Waals surface area (Å²) in [7, 11) is 1.71. The highest BCUT2D eigenvalue weighted by Crippen LogP contribution is 2.29. The van der Waals surface area contributed by atoms with Crippen LogP contribution in [0.3, 0.4) is 0 Å². The molecule has 1 atom stereocenters.